The maximum atomic E-state index is 5.74. The lowest BCUT2D eigenvalue weighted by Gasteiger charge is -2.09. The average Bonchev–Trinajstić information content (AvgIpc) is 2.52. The Morgan fingerprint density at radius 3 is 2.52 bits per heavy atom. The number of oxime groups is 1. The molecule has 0 N–H and O–H groups in total. The first kappa shape index (κ1) is 15.1. The quantitative estimate of drug-likeness (QED) is 0.483. The number of nitrogens with zero attached hydrogens (tertiary/aromatic N) is 3. The van der Waals surface area contributed by atoms with Crippen LogP contribution in [0.15, 0.2) is 35.7 Å². The lowest BCUT2D eigenvalue weighted by molar-refractivity contribution is 0.326. The Bertz CT molecular complexity index is 662. The van der Waals surface area contributed by atoms with E-state index in [1.54, 1.807) is 20.3 Å². The molecule has 1 heterocycles. The van der Waals surface area contributed by atoms with Crippen LogP contribution in [0, 0.1) is 0 Å². The van der Waals surface area contributed by atoms with Crippen LogP contribution in [-0.2, 0) is 0 Å². The number of hydrogen-bond donors (Lipinski definition) is 0. The second kappa shape index (κ2) is 6.90. The van der Waals surface area contributed by atoms with Crippen LogP contribution in [0.2, 0.25) is 5.15 Å². The summed E-state index contributed by atoms with van der Waals surface area (Å²) in [4.78, 5) is 12.9. The smallest absolute Gasteiger partial charge is 0.253 e. The van der Waals surface area contributed by atoms with Crippen molar-refractivity contribution >= 4 is 17.3 Å². The zero-order chi connectivity index (χ0) is 15.2. The third kappa shape index (κ3) is 3.82. The molecule has 0 atom stereocenters. The summed E-state index contributed by atoms with van der Waals surface area (Å²) < 4.78 is 10.4. The van der Waals surface area contributed by atoms with Crippen molar-refractivity contribution in [1.29, 1.82) is 0 Å². The fraction of sp³-hybridized carbons (Fsp3) is 0.214. The Hall–Kier alpha value is -2.34. The molecule has 2 aromatic rings. The van der Waals surface area contributed by atoms with E-state index in [2.05, 4.69) is 15.1 Å². The molecular formula is C14H14ClN3O3. The summed E-state index contributed by atoms with van der Waals surface area (Å²) in [5, 5.41) is 4.30. The molecule has 1 aromatic heterocycles. The summed E-state index contributed by atoms with van der Waals surface area (Å²) in [6, 6.07) is 6.95. The normalized spacial score (nSPS) is 11.1. The van der Waals surface area contributed by atoms with Gasteiger partial charge in [-0.1, -0.05) is 16.8 Å². The van der Waals surface area contributed by atoms with Crippen LogP contribution in [0.25, 0.3) is 0 Å². The lowest BCUT2D eigenvalue weighted by Crippen LogP contribution is -2.00. The number of aromatic nitrogens is 2. The average molecular weight is 308 g/mol. The molecule has 0 saturated carbocycles. The van der Waals surface area contributed by atoms with Crippen molar-refractivity contribution in [2.75, 3.05) is 14.2 Å². The van der Waals surface area contributed by atoms with Crippen molar-refractivity contribution in [3.8, 4) is 17.4 Å². The Morgan fingerprint density at radius 1 is 1.10 bits per heavy atom. The first-order chi connectivity index (χ1) is 10.1. The van der Waals surface area contributed by atoms with Gasteiger partial charge in [0.05, 0.1) is 19.9 Å². The molecule has 0 spiro atoms. The Labute approximate surface area is 127 Å². The summed E-state index contributed by atoms with van der Waals surface area (Å²) in [5.74, 6) is 1.54. The molecule has 6 nitrogen and oxygen atoms in total. The van der Waals surface area contributed by atoms with Crippen molar-refractivity contribution in [1.82, 2.24) is 9.97 Å². The first-order valence-electron chi connectivity index (χ1n) is 6.05. The van der Waals surface area contributed by atoms with E-state index in [0.717, 1.165) is 5.56 Å². The maximum absolute atomic E-state index is 5.74. The van der Waals surface area contributed by atoms with Gasteiger partial charge < -0.3 is 14.3 Å². The van der Waals surface area contributed by atoms with Crippen LogP contribution < -0.4 is 14.3 Å². The molecule has 0 aliphatic rings. The summed E-state index contributed by atoms with van der Waals surface area (Å²) in [6.07, 6.45) is 1.30. The maximum Gasteiger partial charge on any atom is 0.253 e. The zero-order valence-corrected chi connectivity index (χ0v) is 12.6. The van der Waals surface area contributed by atoms with Crippen LogP contribution in [0.5, 0.6) is 17.4 Å². The lowest BCUT2D eigenvalue weighted by atomic mass is 10.1. The van der Waals surface area contributed by atoms with Gasteiger partial charge in [0.1, 0.15) is 11.5 Å². The second-order valence-electron chi connectivity index (χ2n) is 4.02. The number of methoxy groups -OCH3 is 2. The molecule has 0 saturated heterocycles. The monoisotopic (exact) mass is 307 g/mol. The molecular weight excluding hydrogens is 294 g/mol. The molecule has 21 heavy (non-hydrogen) atoms. The first-order valence-corrected chi connectivity index (χ1v) is 6.43. The van der Waals surface area contributed by atoms with Crippen molar-refractivity contribution in [2.45, 2.75) is 6.92 Å². The minimum Gasteiger partial charge on any atom is -0.493 e. The Morgan fingerprint density at radius 2 is 1.86 bits per heavy atom. The fourth-order valence-corrected chi connectivity index (χ4v) is 1.73. The fourth-order valence-electron chi connectivity index (χ4n) is 1.60. The van der Waals surface area contributed by atoms with Gasteiger partial charge in [-0.25, -0.2) is 4.98 Å². The van der Waals surface area contributed by atoms with Gasteiger partial charge in [-0.2, -0.15) is 4.98 Å². The molecule has 0 amide bonds. The van der Waals surface area contributed by atoms with Gasteiger partial charge in [-0.05, 0) is 25.1 Å². The van der Waals surface area contributed by atoms with Gasteiger partial charge in [0.25, 0.3) is 5.88 Å². The minimum atomic E-state index is 0.273. The molecule has 0 aliphatic carbocycles. The van der Waals surface area contributed by atoms with Crippen LogP contribution in [0.3, 0.4) is 0 Å². The zero-order valence-electron chi connectivity index (χ0n) is 11.8. The Kier molecular flexibility index (Phi) is 4.94. The third-order valence-corrected chi connectivity index (χ3v) is 2.89. The van der Waals surface area contributed by atoms with Crippen molar-refractivity contribution in [3.63, 3.8) is 0 Å². The highest BCUT2D eigenvalue weighted by molar-refractivity contribution is 6.29. The number of benzene rings is 1. The van der Waals surface area contributed by atoms with Crippen LogP contribution in [0.1, 0.15) is 12.5 Å². The van der Waals surface area contributed by atoms with Gasteiger partial charge >= 0.3 is 0 Å². The van der Waals surface area contributed by atoms with Gasteiger partial charge in [0.15, 0.2) is 11.5 Å². The number of ether oxygens (including phenoxy) is 2. The van der Waals surface area contributed by atoms with Crippen molar-refractivity contribution in [2.24, 2.45) is 5.16 Å². The van der Waals surface area contributed by atoms with Gasteiger partial charge in [-0.15, -0.1) is 0 Å². The van der Waals surface area contributed by atoms with Gasteiger partial charge in [0.2, 0.25) is 0 Å². The van der Waals surface area contributed by atoms with E-state index in [9.17, 15) is 0 Å². The van der Waals surface area contributed by atoms with Crippen molar-refractivity contribution < 1.29 is 14.3 Å². The van der Waals surface area contributed by atoms with E-state index >= 15 is 0 Å². The number of halogens is 1. The van der Waals surface area contributed by atoms with Gasteiger partial charge in [0, 0.05) is 11.6 Å². The SMILES string of the molecule is COc1ccc(/C(C)=N\Oc2cc(Cl)ncn2)cc1OC. The highest BCUT2D eigenvalue weighted by Crippen LogP contribution is 2.27. The van der Waals surface area contributed by atoms with Crippen LogP contribution in [-0.4, -0.2) is 29.9 Å². The van der Waals surface area contributed by atoms with Crippen LogP contribution in [0.4, 0.5) is 0 Å². The topological polar surface area (TPSA) is 65.8 Å². The van der Waals surface area contributed by atoms with E-state index in [1.807, 2.05) is 19.1 Å². The highest BCUT2D eigenvalue weighted by Gasteiger charge is 2.07. The molecule has 7 heteroatoms. The highest BCUT2D eigenvalue weighted by atomic mass is 35.5. The minimum absolute atomic E-state index is 0.273. The van der Waals surface area contributed by atoms with E-state index in [1.165, 1.54) is 12.4 Å². The third-order valence-electron chi connectivity index (χ3n) is 2.69. The summed E-state index contributed by atoms with van der Waals surface area (Å²) in [6.45, 7) is 1.81. The summed E-state index contributed by atoms with van der Waals surface area (Å²) >= 11 is 5.74. The molecule has 0 fully saturated rings. The van der Waals surface area contributed by atoms with Gasteiger partial charge in [-0.3, -0.25) is 0 Å². The predicted molar refractivity (Wildman–Crippen MR) is 79.4 cm³/mol. The van der Waals surface area contributed by atoms with E-state index in [-0.39, 0.29) is 5.88 Å². The van der Waals surface area contributed by atoms with Crippen molar-refractivity contribution in [3.05, 3.63) is 41.3 Å². The second-order valence-corrected chi connectivity index (χ2v) is 4.40. The standard InChI is InChI=1S/C14H14ClN3O3/c1-9(18-21-14-7-13(15)16-8-17-14)10-4-5-11(19-2)12(6-10)20-3/h4-8H,1-3H3/b18-9-. The molecule has 2 rings (SSSR count). The molecule has 1 aromatic carbocycles. The van der Waals surface area contributed by atoms with E-state index in [0.29, 0.717) is 22.4 Å². The molecule has 110 valence electrons. The molecule has 0 bridgehead atoms. The number of hydrogen-bond acceptors (Lipinski definition) is 6. The summed E-state index contributed by atoms with van der Waals surface area (Å²) in [5.41, 5.74) is 1.50. The summed E-state index contributed by atoms with van der Waals surface area (Å²) in [7, 11) is 3.16. The predicted octanol–water partition coefficient (Wildman–Crippen LogP) is 2.95. The molecule has 0 aliphatic heterocycles. The molecule has 0 radical (unpaired) electrons. The van der Waals surface area contributed by atoms with E-state index in [4.69, 9.17) is 25.9 Å². The molecule has 0 unspecified atom stereocenters. The largest absolute Gasteiger partial charge is 0.493 e. The number of rotatable bonds is 5. The Balaban J connectivity index is 2.19. The van der Waals surface area contributed by atoms with E-state index < -0.39 is 0 Å². The van der Waals surface area contributed by atoms with Crippen LogP contribution >= 0.6 is 11.6 Å².